The van der Waals surface area contributed by atoms with Crippen molar-refractivity contribution in [2.45, 2.75) is 31.6 Å². The summed E-state index contributed by atoms with van der Waals surface area (Å²) in [6.07, 6.45) is 5.66. The van der Waals surface area contributed by atoms with Gasteiger partial charge >= 0.3 is 0 Å². The van der Waals surface area contributed by atoms with E-state index in [-0.39, 0.29) is 12.4 Å². The molecule has 2 aromatic carbocycles. The van der Waals surface area contributed by atoms with Gasteiger partial charge in [0.2, 0.25) is 0 Å². The first-order chi connectivity index (χ1) is 9.86. The van der Waals surface area contributed by atoms with Crippen LogP contribution in [-0.2, 0) is 0 Å². The van der Waals surface area contributed by atoms with Crippen LogP contribution in [0.3, 0.4) is 0 Å². The zero-order chi connectivity index (χ0) is 13.5. The van der Waals surface area contributed by atoms with E-state index in [1.807, 2.05) is 0 Å². The Morgan fingerprint density at radius 1 is 0.857 bits per heavy atom. The molecule has 2 N–H and O–H groups in total. The van der Waals surface area contributed by atoms with E-state index in [9.17, 15) is 0 Å². The van der Waals surface area contributed by atoms with E-state index in [0.29, 0.717) is 11.8 Å². The molecule has 0 amide bonds. The first-order valence-electron chi connectivity index (χ1n) is 8.05. The molecular formula is C19H24ClN. The second-order valence-corrected chi connectivity index (χ2v) is 6.71. The highest BCUT2D eigenvalue weighted by Gasteiger charge is 2.43. The van der Waals surface area contributed by atoms with Crippen LogP contribution in [-0.4, -0.2) is 6.54 Å². The molecule has 3 aliphatic carbocycles. The average Bonchev–Trinajstić information content (AvgIpc) is 2.54. The van der Waals surface area contributed by atoms with Gasteiger partial charge in [-0.15, -0.1) is 12.4 Å². The van der Waals surface area contributed by atoms with Gasteiger partial charge in [-0.3, -0.25) is 0 Å². The lowest BCUT2D eigenvalue weighted by Gasteiger charge is -2.48. The largest absolute Gasteiger partial charge is 0.330 e. The molecule has 0 heterocycles. The van der Waals surface area contributed by atoms with E-state index >= 15 is 0 Å². The fourth-order valence-electron chi connectivity index (χ4n) is 4.85. The van der Waals surface area contributed by atoms with Crippen molar-refractivity contribution in [2.24, 2.45) is 23.5 Å². The molecule has 0 aromatic heterocycles. The van der Waals surface area contributed by atoms with Crippen molar-refractivity contribution in [1.82, 2.24) is 0 Å². The predicted molar refractivity (Wildman–Crippen MR) is 91.9 cm³/mol. The number of hydrogen-bond donors (Lipinski definition) is 1. The van der Waals surface area contributed by atoms with Crippen LogP contribution < -0.4 is 5.73 Å². The van der Waals surface area contributed by atoms with E-state index in [2.05, 4.69) is 42.5 Å². The molecule has 3 saturated carbocycles. The lowest BCUT2D eigenvalue weighted by atomic mass is 9.57. The Morgan fingerprint density at radius 2 is 1.52 bits per heavy atom. The predicted octanol–water partition coefficient (Wildman–Crippen LogP) is 4.74. The summed E-state index contributed by atoms with van der Waals surface area (Å²) in [5.41, 5.74) is 7.67. The molecule has 2 aromatic rings. The minimum Gasteiger partial charge on any atom is -0.330 e. The quantitative estimate of drug-likeness (QED) is 0.852. The first-order valence-corrected chi connectivity index (χ1v) is 8.05. The number of benzene rings is 2. The van der Waals surface area contributed by atoms with E-state index in [1.165, 1.54) is 42.0 Å². The van der Waals surface area contributed by atoms with Gasteiger partial charge in [0.1, 0.15) is 0 Å². The van der Waals surface area contributed by atoms with Gasteiger partial charge in [0.05, 0.1) is 0 Å². The highest BCUT2D eigenvalue weighted by atomic mass is 35.5. The van der Waals surface area contributed by atoms with Crippen LogP contribution in [0.25, 0.3) is 10.8 Å². The highest BCUT2D eigenvalue weighted by molar-refractivity contribution is 5.85. The van der Waals surface area contributed by atoms with E-state index < -0.39 is 0 Å². The second-order valence-electron chi connectivity index (χ2n) is 6.71. The number of nitrogens with two attached hydrogens (primary N) is 1. The molecule has 2 atom stereocenters. The standard InChI is InChI=1S/C19H23N.ClH/c20-12-18-14-6-8-15(9-7-14)19(18)17-10-5-13-3-1-2-4-16(13)11-17;/h1-5,10-11,14-15,18-19H,6-9,12,20H2;1H. The van der Waals surface area contributed by atoms with Crippen molar-refractivity contribution < 1.29 is 0 Å². The molecule has 2 unspecified atom stereocenters. The van der Waals surface area contributed by atoms with E-state index in [4.69, 9.17) is 5.73 Å². The molecule has 112 valence electrons. The summed E-state index contributed by atoms with van der Waals surface area (Å²) in [5, 5.41) is 2.73. The fraction of sp³-hybridized carbons (Fsp3) is 0.474. The van der Waals surface area contributed by atoms with E-state index in [0.717, 1.165) is 18.4 Å². The van der Waals surface area contributed by atoms with Crippen molar-refractivity contribution in [3.63, 3.8) is 0 Å². The molecule has 2 heteroatoms. The molecule has 0 spiro atoms. The molecule has 3 fully saturated rings. The summed E-state index contributed by atoms with van der Waals surface area (Å²) in [6.45, 7) is 0.860. The van der Waals surface area contributed by atoms with Crippen molar-refractivity contribution in [1.29, 1.82) is 0 Å². The number of rotatable bonds is 2. The van der Waals surface area contributed by atoms with Crippen molar-refractivity contribution in [3.05, 3.63) is 48.0 Å². The maximum Gasteiger partial charge on any atom is -0.00403 e. The van der Waals surface area contributed by atoms with E-state index in [1.54, 1.807) is 0 Å². The van der Waals surface area contributed by atoms with Gasteiger partial charge in [0.25, 0.3) is 0 Å². The molecular weight excluding hydrogens is 278 g/mol. The average molecular weight is 302 g/mol. The maximum absolute atomic E-state index is 6.13. The summed E-state index contributed by atoms with van der Waals surface area (Å²) in [4.78, 5) is 0. The van der Waals surface area contributed by atoms with Crippen LogP contribution in [0.15, 0.2) is 42.5 Å². The first kappa shape index (κ1) is 14.9. The Kier molecular flexibility index (Phi) is 4.24. The fourth-order valence-corrected chi connectivity index (χ4v) is 4.85. The van der Waals surface area contributed by atoms with Crippen molar-refractivity contribution in [2.75, 3.05) is 6.54 Å². The lowest BCUT2D eigenvalue weighted by molar-refractivity contribution is 0.0732. The van der Waals surface area contributed by atoms with Crippen LogP contribution >= 0.6 is 12.4 Å². The topological polar surface area (TPSA) is 26.0 Å². The third kappa shape index (κ3) is 2.47. The minimum atomic E-state index is 0. The monoisotopic (exact) mass is 301 g/mol. The number of hydrogen-bond acceptors (Lipinski definition) is 1. The maximum atomic E-state index is 6.13. The third-order valence-electron chi connectivity index (χ3n) is 5.82. The van der Waals surface area contributed by atoms with Crippen LogP contribution in [0.4, 0.5) is 0 Å². The Labute approximate surface area is 133 Å². The van der Waals surface area contributed by atoms with Crippen LogP contribution in [0.1, 0.15) is 37.2 Å². The van der Waals surface area contributed by atoms with Crippen molar-refractivity contribution >= 4 is 23.2 Å². The molecule has 3 aliphatic rings. The Balaban J connectivity index is 0.00000132. The van der Waals surface area contributed by atoms with Crippen LogP contribution in [0.5, 0.6) is 0 Å². The molecule has 0 saturated heterocycles. The summed E-state index contributed by atoms with van der Waals surface area (Å²) in [6, 6.07) is 15.8. The minimum absolute atomic E-state index is 0. The highest BCUT2D eigenvalue weighted by Crippen LogP contribution is 2.53. The second kappa shape index (κ2) is 5.98. The normalized spacial score (nSPS) is 31.1. The number of fused-ring (bicyclic) bond motifs is 4. The van der Waals surface area contributed by atoms with Gasteiger partial charge in [-0.1, -0.05) is 42.5 Å². The van der Waals surface area contributed by atoms with Gasteiger partial charge in [-0.25, -0.2) is 0 Å². The zero-order valence-corrected chi connectivity index (χ0v) is 13.2. The van der Waals surface area contributed by atoms with Gasteiger partial charge in [-0.05, 0) is 72.2 Å². The Morgan fingerprint density at radius 3 is 2.24 bits per heavy atom. The van der Waals surface area contributed by atoms with Crippen LogP contribution in [0, 0.1) is 17.8 Å². The Bertz CT molecular complexity index is 616. The summed E-state index contributed by atoms with van der Waals surface area (Å²) >= 11 is 0. The summed E-state index contributed by atoms with van der Waals surface area (Å²) in [5.74, 6) is 3.16. The lowest BCUT2D eigenvalue weighted by Crippen LogP contribution is -2.42. The van der Waals surface area contributed by atoms with Gasteiger partial charge in [0.15, 0.2) is 0 Å². The zero-order valence-electron chi connectivity index (χ0n) is 12.4. The Hall–Kier alpha value is -1.05. The van der Waals surface area contributed by atoms with Gasteiger partial charge in [-0.2, -0.15) is 0 Å². The van der Waals surface area contributed by atoms with Gasteiger partial charge < -0.3 is 5.73 Å². The molecule has 0 aliphatic heterocycles. The molecule has 21 heavy (non-hydrogen) atoms. The SMILES string of the molecule is Cl.NCC1C2CCC(CC2)C1c1ccc2ccccc2c1. The van der Waals surface area contributed by atoms with Crippen molar-refractivity contribution in [3.8, 4) is 0 Å². The number of halogens is 1. The van der Waals surface area contributed by atoms with Gasteiger partial charge in [0, 0.05) is 0 Å². The third-order valence-corrected chi connectivity index (χ3v) is 5.82. The van der Waals surface area contributed by atoms with Crippen LogP contribution in [0.2, 0.25) is 0 Å². The molecule has 5 rings (SSSR count). The molecule has 2 bridgehead atoms. The molecule has 1 nitrogen and oxygen atoms in total. The smallest absolute Gasteiger partial charge is 0.00403 e. The summed E-state index contributed by atoms with van der Waals surface area (Å²) in [7, 11) is 0. The molecule has 0 radical (unpaired) electrons. The summed E-state index contributed by atoms with van der Waals surface area (Å²) < 4.78 is 0.